The number of nitrogens with one attached hydrogen (secondary N) is 2. The number of amides is 2. The maximum absolute atomic E-state index is 12.2. The lowest BCUT2D eigenvalue weighted by atomic mass is 10.2. The van der Waals surface area contributed by atoms with Crippen molar-refractivity contribution in [2.24, 2.45) is 0 Å². The topological polar surface area (TPSA) is 101 Å². The number of carbonyl (C=O) groups excluding carboxylic acids is 2. The van der Waals surface area contributed by atoms with Crippen LogP contribution >= 0.6 is 0 Å². The van der Waals surface area contributed by atoms with Crippen LogP contribution in [0.4, 0.5) is 17.1 Å². The molecule has 2 N–H and O–H groups in total. The predicted octanol–water partition coefficient (Wildman–Crippen LogP) is 4.90. The number of nitrogens with zero attached hydrogens (tertiary/aromatic N) is 1. The van der Waals surface area contributed by atoms with Crippen LogP contribution in [0.25, 0.3) is 12.2 Å². The van der Waals surface area contributed by atoms with Gasteiger partial charge in [-0.25, -0.2) is 0 Å². The molecule has 3 rings (SSSR count). The van der Waals surface area contributed by atoms with Gasteiger partial charge in [-0.15, -0.1) is 0 Å². The number of anilines is 2. The number of carbonyl (C=O) groups is 2. The molecule has 31 heavy (non-hydrogen) atoms. The van der Waals surface area contributed by atoms with Crippen LogP contribution in [0.2, 0.25) is 0 Å². The van der Waals surface area contributed by atoms with Crippen molar-refractivity contribution in [3.05, 3.63) is 112 Å². The van der Waals surface area contributed by atoms with Crippen molar-refractivity contribution < 1.29 is 14.5 Å². The molecule has 7 nitrogen and oxygen atoms in total. The van der Waals surface area contributed by atoms with Crippen LogP contribution in [0.3, 0.4) is 0 Å². The molecule has 3 aromatic rings. The van der Waals surface area contributed by atoms with E-state index < -0.39 is 16.7 Å². The van der Waals surface area contributed by atoms with Gasteiger partial charge in [0.05, 0.1) is 4.92 Å². The summed E-state index contributed by atoms with van der Waals surface area (Å²) in [7, 11) is 0. The predicted molar refractivity (Wildman–Crippen MR) is 121 cm³/mol. The van der Waals surface area contributed by atoms with Crippen molar-refractivity contribution >= 4 is 41.0 Å². The zero-order chi connectivity index (χ0) is 22.1. The van der Waals surface area contributed by atoms with Gasteiger partial charge in [-0.2, -0.15) is 0 Å². The van der Waals surface area contributed by atoms with Crippen molar-refractivity contribution in [2.45, 2.75) is 0 Å². The normalized spacial score (nSPS) is 10.8. The van der Waals surface area contributed by atoms with E-state index in [0.717, 1.165) is 11.1 Å². The number of hydrogen-bond donors (Lipinski definition) is 2. The van der Waals surface area contributed by atoms with Crippen molar-refractivity contribution in [3.63, 3.8) is 0 Å². The second-order valence-electron chi connectivity index (χ2n) is 6.46. The van der Waals surface area contributed by atoms with Crippen molar-refractivity contribution in [2.75, 3.05) is 10.6 Å². The van der Waals surface area contributed by atoms with Gasteiger partial charge in [0.25, 0.3) is 5.69 Å². The second-order valence-corrected chi connectivity index (χ2v) is 6.46. The molecule has 7 heteroatoms. The number of nitro groups is 1. The minimum Gasteiger partial charge on any atom is -0.322 e. The highest BCUT2D eigenvalue weighted by molar-refractivity contribution is 6.05. The summed E-state index contributed by atoms with van der Waals surface area (Å²) in [6.45, 7) is 0. The smallest absolute Gasteiger partial charge is 0.292 e. The Bertz CT molecular complexity index is 1140. The molecule has 0 aromatic heterocycles. The first-order valence-electron chi connectivity index (χ1n) is 9.38. The quantitative estimate of drug-likeness (QED) is 0.327. The third kappa shape index (κ3) is 6.50. The highest BCUT2D eigenvalue weighted by atomic mass is 16.6. The molecular weight excluding hydrogens is 394 g/mol. The Morgan fingerprint density at radius 1 is 0.742 bits per heavy atom. The fraction of sp³-hybridized carbons (Fsp3) is 0. The van der Waals surface area contributed by atoms with Gasteiger partial charge in [0.2, 0.25) is 11.8 Å². The van der Waals surface area contributed by atoms with E-state index in [4.69, 9.17) is 0 Å². The fourth-order valence-corrected chi connectivity index (χ4v) is 2.70. The van der Waals surface area contributed by atoms with Crippen molar-refractivity contribution in [1.29, 1.82) is 0 Å². The highest BCUT2D eigenvalue weighted by Gasteiger charge is 2.16. The van der Waals surface area contributed by atoms with E-state index in [-0.39, 0.29) is 11.4 Å². The van der Waals surface area contributed by atoms with Crippen LogP contribution in [-0.2, 0) is 9.59 Å². The van der Waals surface area contributed by atoms with Crippen LogP contribution in [0, 0.1) is 10.1 Å². The summed E-state index contributed by atoms with van der Waals surface area (Å²) in [6.07, 6.45) is 5.89. The monoisotopic (exact) mass is 413 g/mol. The molecular formula is C24H19N3O4. The lowest BCUT2D eigenvalue weighted by Gasteiger charge is -2.07. The minimum absolute atomic E-state index is 0.0162. The van der Waals surface area contributed by atoms with E-state index in [0.29, 0.717) is 5.69 Å². The van der Waals surface area contributed by atoms with E-state index in [2.05, 4.69) is 10.6 Å². The number of benzene rings is 3. The van der Waals surface area contributed by atoms with E-state index in [9.17, 15) is 19.7 Å². The van der Waals surface area contributed by atoms with Crippen LogP contribution in [0.15, 0.2) is 91.0 Å². The minimum atomic E-state index is -0.600. The third-order valence-electron chi connectivity index (χ3n) is 4.17. The summed E-state index contributed by atoms with van der Waals surface area (Å²) >= 11 is 0. The average Bonchev–Trinajstić information content (AvgIpc) is 2.78. The van der Waals surface area contributed by atoms with Gasteiger partial charge >= 0.3 is 0 Å². The first-order chi connectivity index (χ1) is 15.0. The Morgan fingerprint density at radius 2 is 1.26 bits per heavy atom. The Balaban J connectivity index is 1.72. The van der Waals surface area contributed by atoms with Crippen LogP contribution in [0.5, 0.6) is 0 Å². The lowest BCUT2D eigenvalue weighted by molar-refractivity contribution is -0.383. The van der Waals surface area contributed by atoms with Crippen LogP contribution < -0.4 is 10.6 Å². The zero-order valence-corrected chi connectivity index (χ0v) is 16.4. The fourth-order valence-electron chi connectivity index (χ4n) is 2.70. The molecule has 0 saturated carbocycles. The Kier molecular flexibility index (Phi) is 7.05. The zero-order valence-electron chi connectivity index (χ0n) is 16.4. The van der Waals surface area contributed by atoms with E-state index in [1.54, 1.807) is 12.2 Å². The van der Waals surface area contributed by atoms with Crippen molar-refractivity contribution in [1.82, 2.24) is 0 Å². The number of hydrogen-bond acceptors (Lipinski definition) is 4. The molecule has 0 unspecified atom stereocenters. The third-order valence-corrected chi connectivity index (χ3v) is 4.17. The molecule has 2 amide bonds. The molecule has 3 aromatic carbocycles. The summed E-state index contributed by atoms with van der Waals surface area (Å²) in [6, 6.07) is 22.4. The average molecular weight is 413 g/mol. The molecule has 0 aliphatic rings. The largest absolute Gasteiger partial charge is 0.322 e. The van der Waals surface area contributed by atoms with Gasteiger partial charge in [0, 0.05) is 23.9 Å². The molecule has 0 aliphatic carbocycles. The van der Waals surface area contributed by atoms with Gasteiger partial charge in [-0.05, 0) is 35.4 Å². The van der Waals surface area contributed by atoms with E-state index in [1.165, 1.54) is 30.4 Å². The van der Waals surface area contributed by atoms with Gasteiger partial charge in [-0.3, -0.25) is 19.7 Å². The summed E-state index contributed by atoms with van der Waals surface area (Å²) in [5.74, 6) is -0.932. The Morgan fingerprint density at radius 3 is 1.77 bits per heavy atom. The molecule has 0 heterocycles. The highest BCUT2D eigenvalue weighted by Crippen LogP contribution is 2.28. The van der Waals surface area contributed by atoms with Gasteiger partial charge in [0.15, 0.2) is 0 Å². The SMILES string of the molecule is O=C(C=Cc1ccccc1)Nc1ccc([N+](=O)[O-])c(NC(=O)C=Cc2ccccc2)c1. The van der Waals surface area contributed by atoms with E-state index in [1.807, 2.05) is 60.7 Å². The molecule has 0 fully saturated rings. The Labute approximate surface area is 178 Å². The molecule has 0 spiro atoms. The first kappa shape index (κ1) is 21.2. The molecule has 0 bridgehead atoms. The summed E-state index contributed by atoms with van der Waals surface area (Å²) in [5, 5.41) is 16.4. The maximum Gasteiger partial charge on any atom is 0.292 e. The van der Waals surface area contributed by atoms with Gasteiger partial charge in [-0.1, -0.05) is 60.7 Å². The van der Waals surface area contributed by atoms with Gasteiger partial charge < -0.3 is 10.6 Å². The lowest BCUT2D eigenvalue weighted by Crippen LogP contribution is -2.12. The molecule has 0 radical (unpaired) electrons. The Hall–Kier alpha value is -4.52. The molecule has 154 valence electrons. The van der Waals surface area contributed by atoms with Crippen LogP contribution in [-0.4, -0.2) is 16.7 Å². The molecule has 0 saturated heterocycles. The first-order valence-corrected chi connectivity index (χ1v) is 9.38. The number of rotatable bonds is 7. The van der Waals surface area contributed by atoms with Crippen molar-refractivity contribution in [3.8, 4) is 0 Å². The summed E-state index contributed by atoms with van der Waals surface area (Å²) in [4.78, 5) is 35.1. The second kappa shape index (κ2) is 10.3. The molecule has 0 aliphatic heterocycles. The maximum atomic E-state index is 12.2. The number of nitro benzene ring substituents is 1. The summed E-state index contributed by atoms with van der Waals surface area (Å²) in [5.41, 5.74) is 1.70. The van der Waals surface area contributed by atoms with E-state index >= 15 is 0 Å². The summed E-state index contributed by atoms with van der Waals surface area (Å²) < 4.78 is 0. The van der Waals surface area contributed by atoms with Crippen LogP contribution in [0.1, 0.15) is 11.1 Å². The standard InChI is InChI=1S/C24H19N3O4/c28-23(15-11-18-7-3-1-4-8-18)25-20-13-14-22(27(30)31)21(17-20)26-24(29)16-12-19-9-5-2-6-10-19/h1-17H,(H,25,28)(H,26,29). The van der Waals surface area contributed by atoms with Gasteiger partial charge in [0.1, 0.15) is 5.69 Å². The molecule has 0 atom stereocenters.